The van der Waals surface area contributed by atoms with Gasteiger partial charge in [0.1, 0.15) is 37.2 Å². The second-order valence-electron chi connectivity index (χ2n) is 5.23. The van der Waals surface area contributed by atoms with Crippen molar-refractivity contribution in [2.45, 2.75) is 13.2 Å². The van der Waals surface area contributed by atoms with Crippen LogP contribution < -0.4 is 0 Å². The molecule has 25 heavy (non-hydrogen) atoms. The van der Waals surface area contributed by atoms with Crippen LogP contribution in [0.4, 0.5) is 0 Å². The van der Waals surface area contributed by atoms with E-state index in [0.717, 1.165) is 11.1 Å². The molecule has 5 heteroatoms. The molecule has 0 aliphatic carbocycles. The van der Waals surface area contributed by atoms with Crippen LogP contribution in [0.15, 0.2) is 87.5 Å². The third-order valence-electron chi connectivity index (χ3n) is 3.30. The fraction of sp³-hybridized carbons (Fsp3) is 0.100. The van der Waals surface area contributed by atoms with Crippen LogP contribution in [0.2, 0.25) is 0 Å². The lowest BCUT2D eigenvalue weighted by Gasteiger charge is -1.98. The summed E-state index contributed by atoms with van der Waals surface area (Å²) in [5, 5.41) is 7.78. The lowest BCUT2D eigenvalue weighted by Crippen LogP contribution is -1.87. The molecule has 0 saturated heterocycles. The van der Waals surface area contributed by atoms with Gasteiger partial charge in [0.15, 0.2) is 0 Å². The summed E-state index contributed by atoms with van der Waals surface area (Å²) in [4.78, 5) is 10.5. The molecule has 0 amide bonds. The van der Waals surface area contributed by atoms with Gasteiger partial charge in [-0.25, -0.2) is 0 Å². The molecule has 0 bridgehead atoms. The largest absolute Gasteiger partial charge is 0.454 e. The number of benzene rings is 2. The van der Waals surface area contributed by atoms with Gasteiger partial charge in [-0.15, -0.1) is 0 Å². The summed E-state index contributed by atoms with van der Waals surface area (Å²) >= 11 is 0. The van der Waals surface area contributed by atoms with E-state index in [0.29, 0.717) is 24.7 Å². The Hall–Kier alpha value is -3.34. The zero-order valence-electron chi connectivity index (χ0n) is 13.6. The topological polar surface area (TPSA) is 56.3 Å². The number of nitrogens with zero attached hydrogens (tertiary/aromatic N) is 2. The lowest BCUT2D eigenvalue weighted by atomic mass is 10.2. The molecular weight excluding hydrogens is 316 g/mol. The number of furan rings is 1. The van der Waals surface area contributed by atoms with Crippen molar-refractivity contribution in [3.05, 3.63) is 95.4 Å². The molecule has 0 fully saturated rings. The summed E-state index contributed by atoms with van der Waals surface area (Å²) in [6.45, 7) is 0.833. The van der Waals surface area contributed by atoms with Crippen molar-refractivity contribution in [1.29, 1.82) is 0 Å². The van der Waals surface area contributed by atoms with Gasteiger partial charge in [0.2, 0.25) is 0 Å². The number of hydrogen-bond acceptors (Lipinski definition) is 5. The Bertz CT molecular complexity index is 743. The monoisotopic (exact) mass is 334 g/mol. The summed E-state index contributed by atoms with van der Waals surface area (Å²) in [5.74, 6) is 1.16. The van der Waals surface area contributed by atoms with Crippen LogP contribution in [0.3, 0.4) is 0 Å². The Kier molecular flexibility index (Phi) is 6.00. The summed E-state index contributed by atoms with van der Waals surface area (Å²) in [5.41, 5.74) is 2.12. The summed E-state index contributed by atoms with van der Waals surface area (Å²) in [7, 11) is 0. The molecule has 0 atom stereocenters. The molecule has 2 aromatic carbocycles. The molecule has 5 nitrogen and oxygen atoms in total. The highest BCUT2D eigenvalue weighted by molar-refractivity contribution is 5.80. The van der Waals surface area contributed by atoms with Gasteiger partial charge in [0.05, 0.1) is 0 Å². The van der Waals surface area contributed by atoms with Crippen LogP contribution in [0, 0.1) is 0 Å². The van der Waals surface area contributed by atoms with Crippen molar-refractivity contribution in [2.24, 2.45) is 10.3 Å². The van der Waals surface area contributed by atoms with Crippen molar-refractivity contribution >= 4 is 12.4 Å². The van der Waals surface area contributed by atoms with Crippen molar-refractivity contribution in [3.8, 4) is 0 Å². The molecule has 0 radical (unpaired) electrons. The number of oxime groups is 2. The summed E-state index contributed by atoms with van der Waals surface area (Å²) in [6, 6.07) is 23.2. The SMILES string of the molecule is C(=N\OCc1ccccc1)/c1ccc(/C=N/OCc2ccccc2)o1. The Balaban J connectivity index is 1.42. The third kappa shape index (κ3) is 5.66. The molecule has 126 valence electrons. The van der Waals surface area contributed by atoms with Crippen LogP contribution in [0.25, 0.3) is 0 Å². The zero-order chi connectivity index (χ0) is 17.2. The van der Waals surface area contributed by atoms with Gasteiger partial charge < -0.3 is 14.1 Å². The molecule has 0 unspecified atom stereocenters. The minimum Gasteiger partial charge on any atom is -0.454 e. The average molecular weight is 334 g/mol. The van der Waals surface area contributed by atoms with Crippen molar-refractivity contribution in [1.82, 2.24) is 0 Å². The fourth-order valence-corrected chi connectivity index (χ4v) is 2.06. The molecular formula is C20H18N2O3. The molecule has 1 heterocycles. The highest BCUT2D eigenvalue weighted by Crippen LogP contribution is 2.05. The minimum absolute atomic E-state index is 0.416. The molecule has 0 aliphatic heterocycles. The standard InChI is InChI=1S/C20H18N2O3/c1-3-7-17(8-4-1)15-23-21-13-19-11-12-20(25-19)14-22-24-16-18-9-5-2-6-10-18/h1-14H,15-16H2/b21-13+,22-14+. The van der Waals surface area contributed by atoms with Crippen molar-refractivity contribution < 1.29 is 14.1 Å². The Labute approximate surface area is 146 Å². The minimum atomic E-state index is 0.416. The smallest absolute Gasteiger partial charge is 0.149 e. The predicted molar refractivity (Wildman–Crippen MR) is 96.4 cm³/mol. The van der Waals surface area contributed by atoms with E-state index in [1.54, 1.807) is 12.1 Å². The normalized spacial score (nSPS) is 11.2. The lowest BCUT2D eigenvalue weighted by molar-refractivity contribution is 0.131. The highest BCUT2D eigenvalue weighted by atomic mass is 16.6. The Morgan fingerprint density at radius 3 is 1.52 bits per heavy atom. The van der Waals surface area contributed by atoms with Crippen LogP contribution in [0.5, 0.6) is 0 Å². The second kappa shape index (κ2) is 9.08. The van der Waals surface area contributed by atoms with Gasteiger partial charge in [-0.05, 0) is 23.3 Å². The summed E-state index contributed by atoms with van der Waals surface area (Å²) in [6.07, 6.45) is 3.04. The van der Waals surface area contributed by atoms with Gasteiger partial charge in [-0.2, -0.15) is 0 Å². The first-order valence-electron chi connectivity index (χ1n) is 7.88. The first-order valence-corrected chi connectivity index (χ1v) is 7.88. The van der Waals surface area contributed by atoms with E-state index in [1.807, 2.05) is 60.7 Å². The first kappa shape index (κ1) is 16.5. The second-order valence-corrected chi connectivity index (χ2v) is 5.23. The maximum Gasteiger partial charge on any atom is 0.149 e. The quantitative estimate of drug-likeness (QED) is 0.454. The van der Waals surface area contributed by atoms with Crippen LogP contribution in [-0.2, 0) is 22.9 Å². The van der Waals surface area contributed by atoms with E-state index in [2.05, 4.69) is 10.3 Å². The van der Waals surface area contributed by atoms with Gasteiger partial charge in [0, 0.05) is 0 Å². The molecule has 0 N–H and O–H groups in total. The van der Waals surface area contributed by atoms with E-state index >= 15 is 0 Å². The van der Waals surface area contributed by atoms with Gasteiger partial charge >= 0.3 is 0 Å². The zero-order valence-corrected chi connectivity index (χ0v) is 13.6. The van der Waals surface area contributed by atoms with E-state index < -0.39 is 0 Å². The van der Waals surface area contributed by atoms with Gasteiger partial charge in [-0.3, -0.25) is 0 Å². The molecule has 0 saturated carbocycles. The average Bonchev–Trinajstić information content (AvgIpc) is 3.12. The maximum atomic E-state index is 5.53. The van der Waals surface area contributed by atoms with E-state index in [1.165, 1.54) is 12.4 Å². The Morgan fingerprint density at radius 1 is 0.640 bits per heavy atom. The Morgan fingerprint density at radius 2 is 1.08 bits per heavy atom. The maximum absolute atomic E-state index is 5.53. The molecule has 3 aromatic rings. The molecule has 3 rings (SSSR count). The highest BCUT2D eigenvalue weighted by Gasteiger charge is 1.98. The van der Waals surface area contributed by atoms with Crippen LogP contribution in [0.1, 0.15) is 22.6 Å². The molecule has 0 aliphatic rings. The van der Waals surface area contributed by atoms with Crippen LogP contribution >= 0.6 is 0 Å². The molecule has 0 spiro atoms. The summed E-state index contributed by atoms with van der Waals surface area (Å²) < 4.78 is 5.53. The van der Waals surface area contributed by atoms with Gasteiger partial charge in [0.25, 0.3) is 0 Å². The number of rotatable bonds is 8. The van der Waals surface area contributed by atoms with Crippen molar-refractivity contribution in [2.75, 3.05) is 0 Å². The number of hydrogen-bond donors (Lipinski definition) is 0. The molecule has 1 aromatic heterocycles. The first-order chi connectivity index (χ1) is 12.4. The van der Waals surface area contributed by atoms with Crippen LogP contribution in [-0.4, -0.2) is 12.4 Å². The van der Waals surface area contributed by atoms with E-state index in [9.17, 15) is 0 Å². The fourth-order valence-electron chi connectivity index (χ4n) is 2.06. The van der Waals surface area contributed by atoms with E-state index in [4.69, 9.17) is 14.1 Å². The van der Waals surface area contributed by atoms with Crippen molar-refractivity contribution in [3.63, 3.8) is 0 Å². The third-order valence-corrected chi connectivity index (χ3v) is 3.30. The van der Waals surface area contributed by atoms with E-state index in [-0.39, 0.29) is 0 Å². The predicted octanol–water partition coefficient (Wildman–Crippen LogP) is 4.38. The van der Waals surface area contributed by atoms with Gasteiger partial charge in [-0.1, -0.05) is 71.0 Å².